The van der Waals surface area contributed by atoms with Gasteiger partial charge in [-0.3, -0.25) is 4.90 Å². The molecule has 0 amide bonds. The standard InChI is InChI=1S/C16H19ClN4O/c17-13-3-1-12(2-4-13)15-19-14(22-20-15)9-21-8-6-16(11-21)5-7-18-10-16/h1-4,18H,5-11H2. The number of nitrogens with zero attached hydrogens (tertiary/aromatic N) is 3. The highest BCUT2D eigenvalue weighted by Crippen LogP contribution is 2.36. The average Bonchev–Trinajstić information content (AvgIpc) is 3.24. The lowest BCUT2D eigenvalue weighted by atomic mass is 9.87. The summed E-state index contributed by atoms with van der Waals surface area (Å²) in [5.41, 5.74) is 1.40. The Labute approximate surface area is 134 Å². The average molecular weight is 319 g/mol. The molecule has 22 heavy (non-hydrogen) atoms. The van der Waals surface area contributed by atoms with Crippen molar-refractivity contribution in [2.75, 3.05) is 26.2 Å². The molecule has 1 aromatic carbocycles. The van der Waals surface area contributed by atoms with Crippen molar-refractivity contribution in [1.82, 2.24) is 20.4 Å². The van der Waals surface area contributed by atoms with Crippen molar-refractivity contribution in [3.8, 4) is 11.4 Å². The van der Waals surface area contributed by atoms with Crippen molar-refractivity contribution in [2.24, 2.45) is 5.41 Å². The molecule has 0 aliphatic carbocycles. The Morgan fingerprint density at radius 2 is 2.14 bits per heavy atom. The largest absolute Gasteiger partial charge is 0.338 e. The van der Waals surface area contributed by atoms with Crippen molar-refractivity contribution < 1.29 is 4.52 Å². The molecular weight excluding hydrogens is 300 g/mol. The predicted molar refractivity (Wildman–Crippen MR) is 84.6 cm³/mol. The molecule has 1 N–H and O–H groups in total. The summed E-state index contributed by atoms with van der Waals surface area (Å²) in [6, 6.07) is 7.49. The number of rotatable bonds is 3. The zero-order valence-corrected chi connectivity index (χ0v) is 13.1. The first-order valence-electron chi connectivity index (χ1n) is 7.74. The van der Waals surface area contributed by atoms with Crippen molar-refractivity contribution in [1.29, 1.82) is 0 Å². The molecule has 2 aromatic rings. The van der Waals surface area contributed by atoms with Crippen LogP contribution in [-0.2, 0) is 6.54 Å². The number of halogens is 1. The van der Waals surface area contributed by atoms with Crippen LogP contribution in [0.5, 0.6) is 0 Å². The molecule has 0 bridgehead atoms. The maximum Gasteiger partial charge on any atom is 0.241 e. The van der Waals surface area contributed by atoms with E-state index < -0.39 is 0 Å². The number of hydrogen-bond donors (Lipinski definition) is 1. The highest BCUT2D eigenvalue weighted by molar-refractivity contribution is 6.30. The molecule has 4 rings (SSSR count). The lowest BCUT2D eigenvalue weighted by Gasteiger charge is -2.21. The van der Waals surface area contributed by atoms with Crippen LogP contribution in [0.4, 0.5) is 0 Å². The number of likely N-dealkylation sites (tertiary alicyclic amines) is 1. The SMILES string of the molecule is Clc1ccc(-c2noc(CN3CCC4(CCNC4)C3)n2)cc1. The Hall–Kier alpha value is -1.43. The molecule has 2 fully saturated rings. The van der Waals surface area contributed by atoms with Crippen molar-refractivity contribution in [3.05, 3.63) is 35.2 Å². The number of aromatic nitrogens is 2. The number of benzene rings is 1. The van der Waals surface area contributed by atoms with Gasteiger partial charge in [-0.05, 0) is 55.6 Å². The van der Waals surface area contributed by atoms with Crippen LogP contribution in [0, 0.1) is 5.41 Å². The molecule has 0 saturated carbocycles. The number of nitrogens with one attached hydrogen (secondary N) is 1. The van der Waals surface area contributed by atoms with E-state index in [0.717, 1.165) is 38.3 Å². The summed E-state index contributed by atoms with van der Waals surface area (Å²) in [4.78, 5) is 6.93. The van der Waals surface area contributed by atoms with E-state index in [0.29, 0.717) is 22.2 Å². The number of hydrogen-bond acceptors (Lipinski definition) is 5. The zero-order valence-electron chi connectivity index (χ0n) is 12.4. The van der Waals surface area contributed by atoms with Crippen LogP contribution in [0.15, 0.2) is 28.8 Å². The second kappa shape index (κ2) is 5.65. The van der Waals surface area contributed by atoms with Crippen molar-refractivity contribution in [2.45, 2.75) is 19.4 Å². The first kappa shape index (κ1) is 14.2. The molecule has 2 saturated heterocycles. The van der Waals surface area contributed by atoms with Crippen molar-refractivity contribution in [3.63, 3.8) is 0 Å². The second-order valence-corrected chi connectivity index (χ2v) is 6.84. The Balaban J connectivity index is 1.43. The van der Waals surface area contributed by atoms with Gasteiger partial charge in [-0.15, -0.1) is 0 Å². The fourth-order valence-corrected chi connectivity index (χ4v) is 3.66. The smallest absolute Gasteiger partial charge is 0.241 e. The third-order valence-corrected chi connectivity index (χ3v) is 5.03. The molecule has 5 nitrogen and oxygen atoms in total. The van der Waals surface area contributed by atoms with E-state index in [2.05, 4.69) is 20.4 Å². The molecule has 2 aliphatic heterocycles. The molecule has 116 valence electrons. The maximum atomic E-state index is 5.90. The zero-order chi connectivity index (χ0) is 15.0. The first-order chi connectivity index (χ1) is 10.7. The van der Waals surface area contributed by atoms with Gasteiger partial charge in [-0.2, -0.15) is 4.98 Å². The van der Waals surface area contributed by atoms with E-state index >= 15 is 0 Å². The van der Waals surface area contributed by atoms with Crippen LogP contribution in [0.25, 0.3) is 11.4 Å². The van der Waals surface area contributed by atoms with E-state index in [4.69, 9.17) is 16.1 Å². The van der Waals surface area contributed by atoms with Gasteiger partial charge in [0.25, 0.3) is 0 Å². The second-order valence-electron chi connectivity index (χ2n) is 6.41. The van der Waals surface area contributed by atoms with Gasteiger partial charge < -0.3 is 9.84 Å². The highest BCUT2D eigenvalue weighted by atomic mass is 35.5. The summed E-state index contributed by atoms with van der Waals surface area (Å²) in [7, 11) is 0. The Kier molecular flexibility index (Phi) is 3.64. The van der Waals surface area contributed by atoms with Gasteiger partial charge in [0.05, 0.1) is 6.54 Å². The van der Waals surface area contributed by atoms with Crippen LogP contribution >= 0.6 is 11.6 Å². The monoisotopic (exact) mass is 318 g/mol. The van der Waals surface area contributed by atoms with Gasteiger partial charge in [0.2, 0.25) is 11.7 Å². The summed E-state index contributed by atoms with van der Waals surface area (Å²) in [5.74, 6) is 1.32. The van der Waals surface area contributed by atoms with E-state index in [1.165, 1.54) is 12.8 Å². The van der Waals surface area contributed by atoms with Crippen LogP contribution < -0.4 is 5.32 Å². The van der Waals surface area contributed by atoms with E-state index in [9.17, 15) is 0 Å². The lowest BCUT2D eigenvalue weighted by Crippen LogP contribution is -2.29. The van der Waals surface area contributed by atoms with Gasteiger partial charge in [-0.25, -0.2) is 0 Å². The Morgan fingerprint density at radius 1 is 1.27 bits per heavy atom. The summed E-state index contributed by atoms with van der Waals surface area (Å²) < 4.78 is 5.41. The molecular formula is C16H19ClN4O. The van der Waals surface area contributed by atoms with Crippen LogP contribution in [-0.4, -0.2) is 41.2 Å². The molecule has 1 atom stereocenters. The molecule has 1 spiro atoms. The predicted octanol–water partition coefficient (Wildman–Crippen LogP) is 2.58. The molecule has 1 aromatic heterocycles. The van der Waals surface area contributed by atoms with Gasteiger partial charge in [0, 0.05) is 23.7 Å². The summed E-state index contributed by atoms with van der Waals surface area (Å²) in [6.45, 7) is 5.26. The fraction of sp³-hybridized carbons (Fsp3) is 0.500. The van der Waals surface area contributed by atoms with Gasteiger partial charge >= 0.3 is 0 Å². The van der Waals surface area contributed by atoms with Crippen LogP contribution in [0.1, 0.15) is 18.7 Å². The third kappa shape index (κ3) is 2.76. The Morgan fingerprint density at radius 3 is 2.91 bits per heavy atom. The van der Waals surface area contributed by atoms with Gasteiger partial charge in [-0.1, -0.05) is 16.8 Å². The normalized spacial score (nSPS) is 25.3. The topological polar surface area (TPSA) is 54.2 Å². The first-order valence-corrected chi connectivity index (χ1v) is 8.12. The minimum atomic E-state index is 0.471. The molecule has 3 heterocycles. The lowest BCUT2D eigenvalue weighted by molar-refractivity contribution is 0.236. The fourth-order valence-electron chi connectivity index (χ4n) is 3.53. The van der Waals surface area contributed by atoms with Gasteiger partial charge in [0.1, 0.15) is 0 Å². The summed E-state index contributed by atoms with van der Waals surface area (Å²) >= 11 is 5.90. The molecule has 0 radical (unpaired) electrons. The van der Waals surface area contributed by atoms with E-state index in [1.54, 1.807) is 0 Å². The minimum Gasteiger partial charge on any atom is -0.338 e. The quantitative estimate of drug-likeness (QED) is 0.942. The summed E-state index contributed by atoms with van der Waals surface area (Å²) in [6.07, 6.45) is 2.54. The van der Waals surface area contributed by atoms with E-state index in [1.807, 2.05) is 24.3 Å². The van der Waals surface area contributed by atoms with Gasteiger partial charge in [0.15, 0.2) is 0 Å². The minimum absolute atomic E-state index is 0.471. The third-order valence-electron chi connectivity index (χ3n) is 4.78. The summed E-state index contributed by atoms with van der Waals surface area (Å²) in [5, 5.41) is 8.27. The molecule has 2 aliphatic rings. The maximum absolute atomic E-state index is 5.90. The van der Waals surface area contributed by atoms with Crippen LogP contribution in [0.3, 0.4) is 0 Å². The molecule has 1 unspecified atom stereocenters. The van der Waals surface area contributed by atoms with E-state index in [-0.39, 0.29) is 0 Å². The van der Waals surface area contributed by atoms with Crippen molar-refractivity contribution >= 4 is 11.6 Å². The highest BCUT2D eigenvalue weighted by Gasteiger charge is 2.40. The Bertz CT molecular complexity index is 648. The van der Waals surface area contributed by atoms with Crippen LogP contribution in [0.2, 0.25) is 5.02 Å². The molecule has 6 heteroatoms.